The molecule has 0 spiro atoms. The summed E-state index contributed by atoms with van der Waals surface area (Å²) in [5.41, 5.74) is 2.42. The highest BCUT2D eigenvalue weighted by Crippen LogP contribution is 2.18. The van der Waals surface area contributed by atoms with E-state index in [9.17, 15) is 9.59 Å². The van der Waals surface area contributed by atoms with E-state index < -0.39 is 12.0 Å². The summed E-state index contributed by atoms with van der Waals surface area (Å²) < 4.78 is 1.73. The van der Waals surface area contributed by atoms with Crippen LogP contribution in [0.25, 0.3) is 6.08 Å². The van der Waals surface area contributed by atoms with Gasteiger partial charge in [0, 0.05) is 23.7 Å². The fraction of sp³-hybridized carbons (Fsp3) is 0.176. The number of rotatable bonds is 5. The third-order valence-electron chi connectivity index (χ3n) is 3.41. The number of aromatic nitrogens is 1. The van der Waals surface area contributed by atoms with Crippen LogP contribution in [-0.4, -0.2) is 21.6 Å². The Balaban J connectivity index is 2.16. The predicted octanol–water partition coefficient (Wildman–Crippen LogP) is 3.09. The first-order valence-electron chi connectivity index (χ1n) is 6.93. The van der Waals surface area contributed by atoms with Gasteiger partial charge in [0.2, 0.25) is 5.91 Å². The minimum atomic E-state index is -1.02. The Morgan fingerprint density at radius 2 is 1.95 bits per heavy atom. The second-order valence-electron chi connectivity index (χ2n) is 4.99. The Morgan fingerprint density at radius 1 is 1.23 bits per heavy atom. The Hall–Kier alpha value is -2.82. The van der Waals surface area contributed by atoms with Gasteiger partial charge in [0.1, 0.15) is 6.04 Å². The number of nitrogens with zero attached hydrogens (tertiary/aromatic N) is 1. The van der Waals surface area contributed by atoms with Crippen molar-refractivity contribution >= 4 is 23.6 Å². The highest BCUT2D eigenvalue weighted by atomic mass is 16.4. The van der Waals surface area contributed by atoms with Crippen LogP contribution in [0.15, 0.2) is 48.7 Å². The molecule has 0 aliphatic carbocycles. The maximum absolute atomic E-state index is 12.4. The average molecular weight is 298 g/mol. The van der Waals surface area contributed by atoms with Gasteiger partial charge in [0.25, 0.3) is 0 Å². The molecule has 0 saturated carbocycles. The molecule has 1 amide bonds. The van der Waals surface area contributed by atoms with E-state index in [0.717, 1.165) is 17.3 Å². The number of carbonyl (C=O) groups is 2. The topological polar surface area (TPSA) is 71.3 Å². The lowest BCUT2D eigenvalue weighted by molar-refractivity contribution is -0.131. The van der Waals surface area contributed by atoms with E-state index in [1.807, 2.05) is 31.2 Å². The summed E-state index contributed by atoms with van der Waals surface area (Å²) >= 11 is 0. The molecule has 0 aliphatic rings. The lowest BCUT2D eigenvalue weighted by Crippen LogP contribution is -2.24. The molecule has 1 unspecified atom stereocenters. The molecule has 5 nitrogen and oxygen atoms in total. The maximum Gasteiger partial charge on any atom is 0.328 e. The number of aliphatic carboxylic acids is 1. The van der Waals surface area contributed by atoms with Crippen LogP contribution in [0.5, 0.6) is 0 Å². The first kappa shape index (κ1) is 15.6. The molecule has 1 heterocycles. The van der Waals surface area contributed by atoms with Gasteiger partial charge in [-0.25, -0.2) is 4.79 Å². The average Bonchev–Trinajstić information content (AvgIpc) is 2.95. The van der Waals surface area contributed by atoms with Gasteiger partial charge in [-0.15, -0.1) is 0 Å². The number of carboxylic acids is 1. The molecule has 0 radical (unpaired) electrons. The first-order valence-corrected chi connectivity index (χ1v) is 6.93. The van der Waals surface area contributed by atoms with E-state index in [1.54, 1.807) is 29.8 Å². The van der Waals surface area contributed by atoms with Gasteiger partial charge >= 0.3 is 5.97 Å². The summed E-state index contributed by atoms with van der Waals surface area (Å²) in [4.78, 5) is 23.0. The van der Waals surface area contributed by atoms with Gasteiger partial charge in [0.05, 0.1) is 0 Å². The van der Waals surface area contributed by atoms with Crippen LogP contribution in [0.2, 0.25) is 0 Å². The molecule has 1 atom stereocenters. The SMILES string of the molecule is Cc1ccccc1NC(=O)C(C)n1cccc1/C=C/C(=O)O. The van der Waals surface area contributed by atoms with Crippen molar-refractivity contribution < 1.29 is 14.7 Å². The zero-order valence-electron chi connectivity index (χ0n) is 12.5. The Bertz CT molecular complexity index is 716. The van der Waals surface area contributed by atoms with E-state index >= 15 is 0 Å². The van der Waals surface area contributed by atoms with Crippen molar-refractivity contribution in [1.82, 2.24) is 4.57 Å². The molecule has 0 saturated heterocycles. The number of nitrogens with one attached hydrogen (secondary N) is 1. The fourth-order valence-corrected chi connectivity index (χ4v) is 2.13. The third kappa shape index (κ3) is 3.63. The standard InChI is InChI=1S/C17H18N2O3/c1-12-6-3-4-8-15(12)18-17(22)13(2)19-11-5-7-14(19)9-10-16(20)21/h3-11,13H,1-2H3,(H,18,22)(H,20,21)/b10-9+. The molecule has 2 N–H and O–H groups in total. The zero-order chi connectivity index (χ0) is 16.1. The molecular weight excluding hydrogens is 280 g/mol. The summed E-state index contributed by atoms with van der Waals surface area (Å²) in [7, 11) is 0. The summed E-state index contributed by atoms with van der Waals surface area (Å²) in [6, 6.07) is 10.6. The van der Waals surface area contributed by atoms with Crippen LogP contribution in [-0.2, 0) is 9.59 Å². The van der Waals surface area contributed by atoms with Gasteiger partial charge in [-0.1, -0.05) is 18.2 Å². The summed E-state index contributed by atoms with van der Waals surface area (Å²) in [6.45, 7) is 3.70. The molecule has 0 fully saturated rings. The number of anilines is 1. The smallest absolute Gasteiger partial charge is 0.328 e. The minimum absolute atomic E-state index is 0.157. The second kappa shape index (κ2) is 6.76. The molecule has 2 aromatic rings. The van der Waals surface area contributed by atoms with E-state index in [4.69, 9.17) is 5.11 Å². The Kier molecular flexibility index (Phi) is 4.78. The van der Waals surface area contributed by atoms with Crippen molar-refractivity contribution in [3.63, 3.8) is 0 Å². The van der Waals surface area contributed by atoms with Crippen LogP contribution in [0.1, 0.15) is 24.2 Å². The number of para-hydroxylation sites is 1. The van der Waals surface area contributed by atoms with Crippen LogP contribution >= 0.6 is 0 Å². The van der Waals surface area contributed by atoms with Crippen molar-refractivity contribution in [2.24, 2.45) is 0 Å². The van der Waals surface area contributed by atoms with Gasteiger partial charge in [-0.2, -0.15) is 0 Å². The molecule has 1 aromatic carbocycles. The molecule has 2 rings (SSSR count). The third-order valence-corrected chi connectivity index (χ3v) is 3.41. The first-order chi connectivity index (χ1) is 10.5. The molecule has 5 heteroatoms. The molecule has 22 heavy (non-hydrogen) atoms. The molecule has 0 aliphatic heterocycles. The molecule has 1 aromatic heterocycles. The summed E-state index contributed by atoms with van der Waals surface area (Å²) in [6.07, 6.45) is 4.28. The molecular formula is C17H18N2O3. The van der Waals surface area contributed by atoms with E-state index in [1.165, 1.54) is 6.08 Å². The van der Waals surface area contributed by atoms with Crippen molar-refractivity contribution in [3.05, 3.63) is 59.9 Å². The van der Waals surface area contributed by atoms with E-state index in [2.05, 4.69) is 5.32 Å². The van der Waals surface area contributed by atoms with Crippen molar-refractivity contribution in [3.8, 4) is 0 Å². The quantitative estimate of drug-likeness (QED) is 0.833. The van der Waals surface area contributed by atoms with Gasteiger partial charge in [0.15, 0.2) is 0 Å². The lowest BCUT2D eigenvalue weighted by atomic mass is 10.2. The minimum Gasteiger partial charge on any atom is -0.478 e. The second-order valence-corrected chi connectivity index (χ2v) is 4.99. The van der Waals surface area contributed by atoms with Crippen LogP contribution in [0.3, 0.4) is 0 Å². The Labute approximate surface area is 128 Å². The van der Waals surface area contributed by atoms with Crippen molar-refractivity contribution in [2.45, 2.75) is 19.9 Å². The van der Waals surface area contributed by atoms with Crippen molar-refractivity contribution in [1.29, 1.82) is 0 Å². The normalized spacial score (nSPS) is 12.3. The van der Waals surface area contributed by atoms with E-state index in [-0.39, 0.29) is 5.91 Å². The van der Waals surface area contributed by atoms with Crippen LogP contribution in [0, 0.1) is 6.92 Å². The van der Waals surface area contributed by atoms with Gasteiger partial charge in [-0.3, -0.25) is 4.79 Å². The monoisotopic (exact) mass is 298 g/mol. The summed E-state index contributed by atoms with van der Waals surface area (Å²) in [5.74, 6) is -1.18. The number of hydrogen-bond acceptors (Lipinski definition) is 2. The largest absolute Gasteiger partial charge is 0.478 e. The Morgan fingerprint density at radius 3 is 2.64 bits per heavy atom. The van der Waals surface area contributed by atoms with Crippen molar-refractivity contribution in [2.75, 3.05) is 5.32 Å². The number of hydrogen-bond donors (Lipinski definition) is 2. The van der Waals surface area contributed by atoms with Crippen LogP contribution < -0.4 is 5.32 Å². The van der Waals surface area contributed by atoms with E-state index in [0.29, 0.717) is 5.69 Å². The molecule has 114 valence electrons. The number of aryl methyl sites for hydroxylation is 1. The number of carboxylic acid groups (broad SMARTS) is 1. The predicted molar refractivity (Wildman–Crippen MR) is 85.6 cm³/mol. The maximum atomic E-state index is 12.4. The van der Waals surface area contributed by atoms with Crippen LogP contribution in [0.4, 0.5) is 5.69 Å². The lowest BCUT2D eigenvalue weighted by Gasteiger charge is -2.17. The fourth-order valence-electron chi connectivity index (χ4n) is 2.13. The highest BCUT2D eigenvalue weighted by Gasteiger charge is 2.16. The summed E-state index contributed by atoms with van der Waals surface area (Å²) in [5, 5.41) is 11.6. The molecule has 0 bridgehead atoms. The highest BCUT2D eigenvalue weighted by molar-refractivity contribution is 5.94. The van der Waals surface area contributed by atoms with Gasteiger partial charge < -0.3 is 15.0 Å². The number of amides is 1. The number of carbonyl (C=O) groups excluding carboxylic acids is 1. The van der Waals surface area contributed by atoms with Gasteiger partial charge in [-0.05, 0) is 43.7 Å². The number of benzene rings is 1. The zero-order valence-corrected chi connectivity index (χ0v) is 12.5.